The van der Waals surface area contributed by atoms with Gasteiger partial charge in [0.05, 0.1) is 16.5 Å². The molecule has 5 rings (SSSR count). The molecule has 4 aromatic rings. The van der Waals surface area contributed by atoms with Crippen molar-refractivity contribution in [2.45, 2.75) is 77.2 Å². The van der Waals surface area contributed by atoms with Gasteiger partial charge >= 0.3 is 5.97 Å². The molecule has 0 amide bonds. The minimum atomic E-state index is -0.757. The van der Waals surface area contributed by atoms with E-state index in [2.05, 4.69) is 25.1 Å². The van der Waals surface area contributed by atoms with Gasteiger partial charge in [-0.25, -0.2) is 24.6 Å². The summed E-state index contributed by atoms with van der Waals surface area (Å²) in [6.07, 6.45) is 10.5. The second-order valence-corrected chi connectivity index (χ2v) is 10.3. The third-order valence-corrected chi connectivity index (χ3v) is 6.31. The first kappa shape index (κ1) is 26.5. The van der Waals surface area contributed by atoms with Gasteiger partial charge in [-0.3, -0.25) is 4.79 Å². The van der Waals surface area contributed by atoms with E-state index in [1.54, 1.807) is 0 Å². The van der Waals surface area contributed by atoms with Crippen LogP contribution >= 0.6 is 12.4 Å². The number of carboxylic acids is 1. The van der Waals surface area contributed by atoms with E-state index >= 15 is 0 Å². The molecule has 0 aliphatic heterocycles. The fourth-order valence-corrected chi connectivity index (χ4v) is 4.31. The Morgan fingerprint density at radius 2 is 1.84 bits per heavy atom. The normalized spacial score (nSPS) is 13.6. The molecule has 0 saturated heterocycles. The second-order valence-electron chi connectivity index (χ2n) is 10.3. The molecule has 0 radical (unpaired) electrons. The largest absolute Gasteiger partial charge is 0.481 e. The van der Waals surface area contributed by atoms with Crippen molar-refractivity contribution in [3.05, 3.63) is 30.0 Å². The molecule has 1 aliphatic carbocycles. The Kier molecular flexibility index (Phi) is 7.44. The molecule has 1 aliphatic rings. The minimum Gasteiger partial charge on any atom is -0.481 e. The Morgan fingerprint density at radius 1 is 1.11 bits per heavy atom. The molecule has 0 atom stereocenters. The first-order valence-corrected chi connectivity index (χ1v) is 12.3. The Morgan fingerprint density at radius 3 is 2.49 bits per heavy atom. The number of anilines is 1. The summed E-state index contributed by atoms with van der Waals surface area (Å²) >= 11 is 0. The number of aliphatic carboxylic acids is 1. The number of nitrogens with two attached hydrogens (primary N) is 1. The maximum absolute atomic E-state index is 10.7. The molecular formula is C25H31ClN8O3. The smallest absolute Gasteiger partial charge is 0.303 e. The molecule has 11 nitrogen and oxygen atoms in total. The topological polar surface area (TPSA) is 159 Å². The summed E-state index contributed by atoms with van der Waals surface area (Å²) in [6.45, 7) is 6.14. The third-order valence-electron chi connectivity index (χ3n) is 6.31. The summed E-state index contributed by atoms with van der Waals surface area (Å²) in [5.41, 5.74) is 9.40. The number of nitrogens with zero attached hydrogens (tertiary/aromatic N) is 7. The van der Waals surface area contributed by atoms with Crippen molar-refractivity contribution in [1.29, 1.82) is 0 Å². The zero-order valence-electron chi connectivity index (χ0n) is 21.1. The van der Waals surface area contributed by atoms with E-state index in [1.165, 1.54) is 6.33 Å². The highest BCUT2D eigenvalue weighted by Gasteiger charge is 2.36. The van der Waals surface area contributed by atoms with Gasteiger partial charge in [0.25, 0.3) is 0 Å². The summed E-state index contributed by atoms with van der Waals surface area (Å²) in [6, 6.07) is 0. The van der Waals surface area contributed by atoms with E-state index in [4.69, 9.17) is 20.5 Å². The van der Waals surface area contributed by atoms with Crippen LogP contribution in [-0.2, 0) is 16.8 Å². The Balaban J connectivity index is 0.00000320. The van der Waals surface area contributed by atoms with Crippen molar-refractivity contribution in [3.63, 3.8) is 0 Å². The molecule has 12 heteroatoms. The van der Waals surface area contributed by atoms with E-state index in [0.717, 1.165) is 49.0 Å². The Bertz CT molecular complexity index is 1400. The number of carboxylic acid groups (broad SMARTS) is 1. The highest BCUT2D eigenvalue weighted by atomic mass is 35.5. The van der Waals surface area contributed by atoms with Crippen LogP contribution in [0.4, 0.5) is 5.82 Å². The lowest BCUT2D eigenvalue weighted by molar-refractivity contribution is -0.137. The number of rotatable bonds is 9. The molecule has 196 valence electrons. The van der Waals surface area contributed by atoms with E-state index in [9.17, 15) is 4.79 Å². The van der Waals surface area contributed by atoms with Crippen LogP contribution in [-0.4, -0.2) is 45.9 Å². The monoisotopic (exact) mass is 526 g/mol. The first-order valence-electron chi connectivity index (χ1n) is 12.3. The number of aryl methyl sites for hydroxylation is 1. The average Bonchev–Trinajstić information content (AvgIpc) is 3.44. The lowest BCUT2D eigenvalue weighted by atomic mass is 10.1. The van der Waals surface area contributed by atoms with Crippen molar-refractivity contribution in [3.8, 4) is 22.8 Å². The number of aromatic nitrogens is 7. The number of hydrogen-bond acceptors (Lipinski definition) is 9. The fourth-order valence-electron chi connectivity index (χ4n) is 4.31. The SMILES string of the molecule is CC(C)(C)n1nc(-c2noc(C3CC3)c2-c2ncc(CCCCCC(=O)O)cn2)c2c(N)ncnc21.Cl. The van der Waals surface area contributed by atoms with Crippen molar-refractivity contribution in [2.24, 2.45) is 0 Å². The maximum Gasteiger partial charge on any atom is 0.303 e. The molecule has 0 aromatic carbocycles. The zero-order chi connectivity index (χ0) is 25.4. The summed E-state index contributed by atoms with van der Waals surface area (Å²) in [5.74, 6) is 1.14. The Labute approximate surface area is 220 Å². The van der Waals surface area contributed by atoms with Gasteiger partial charge in [0.15, 0.2) is 17.2 Å². The van der Waals surface area contributed by atoms with E-state index < -0.39 is 5.97 Å². The molecule has 37 heavy (non-hydrogen) atoms. The fraction of sp³-hybridized carbons (Fsp3) is 0.480. The molecule has 0 spiro atoms. The zero-order valence-corrected chi connectivity index (χ0v) is 22.0. The number of halogens is 1. The van der Waals surface area contributed by atoms with Crippen LogP contribution in [0.25, 0.3) is 33.8 Å². The van der Waals surface area contributed by atoms with Gasteiger partial charge in [0, 0.05) is 24.7 Å². The molecule has 0 unspecified atom stereocenters. The lowest BCUT2D eigenvalue weighted by Crippen LogP contribution is -2.23. The maximum atomic E-state index is 10.7. The summed E-state index contributed by atoms with van der Waals surface area (Å²) in [5, 5.41) is 18.7. The van der Waals surface area contributed by atoms with Gasteiger partial charge in [0.1, 0.15) is 23.5 Å². The molecule has 4 aromatic heterocycles. The van der Waals surface area contributed by atoms with Gasteiger partial charge < -0.3 is 15.4 Å². The van der Waals surface area contributed by atoms with E-state index in [-0.39, 0.29) is 30.3 Å². The van der Waals surface area contributed by atoms with Gasteiger partial charge in [-0.1, -0.05) is 11.6 Å². The van der Waals surface area contributed by atoms with Crippen molar-refractivity contribution in [1.82, 2.24) is 34.9 Å². The van der Waals surface area contributed by atoms with Crippen molar-refractivity contribution < 1.29 is 14.4 Å². The highest BCUT2D eigenvalue weighted by molar-refractivity contribution is 6.00. The lowest BCUT2D eigenvalue weighted by Gasteiger charge is -2.19. The summed E-state index contributed by atoms with van der Waals surface area (Å²) in [4.78, 5) is 28.7. The van der Waals surface area contributed by atoms with Gasteiger partial charge in [0.2, 0.25) is 0 Å². The van der Waals surface area contributed by atoms with Gasteiger partial charge in [-0.2, -0.15) is 5.10 Å². The van der Waals surface area contributed by atoms with Crippen LogP contribution in [0.15, 0.2) is 23.2 Å². The van der Waals surface area contributed by atoms with Crippen LogP contribution in [0.5, 0.6) is 0 Å². The standard InChI is InChI=1S/C25H30N8O3.ClH/c1-25(2,3)33-24-18(22(26)29-13-30-24)19(31-33)20-17(21(36-32-20)15-9-10-15)23-27-11-14(12-28-23)7-5-4-6-8-16(34)35;/h11-13,15H,4-10H2,1-3H3,(H,34,35)(H2,26,29,30);1H. The summed E-state index contributed by atoms with van der Waals surface area (Å²) < 4.78 is 7.68. The number of fused-ring (bicyclic) bond motifs is 1. The quantitative estimate of drug-likeness (QED) is 0.291. The minimum absolute atomic E-state index is 0. The molecule has 3 N–H and O–H groups in total. The Hall–Kier alpha value is -3.60. The number of hydrogen-bond donors (Lipinski definition) is 2. The van der Waals surface area contributed by atoms with Crippen LogP contribution in [0.1, 0.15) is 76.5 Å². The van der Waals surface area contributed by atoms with E-state index in [0.29, 0.717) is 40.5 Å². The molecule has 1 fully saturated rings. The number of nitrogen functional groups attached to an aromatic ring is 1. The first-order chi connectivity index (χ1) is 17.2. The molecular weight excluding hydrogens is 496 g/mol. The average molecular weight is 527 g/mol. The van der Waals surface area contributed by atoms with Crippen LogP contribution in [0.2, 0.25) is 0 Å². The van der Waals surface area contributed by atoms with Crippen LogP contribution in [0, 0.1) is 0 Å². The number of unbranched alkanes of at least 4 members (excludes halogenated alkanes) is 2. The van der Waals surface area contributed by atoms with Crippen LogP contribution < -0.4 is 5.73 Å². The van der Waals surface area contributed by atoms with Crippen molar-refractivity contribution in [2.75, 3.05) is 5.73 Å². The van der Waals surface area contributed by atoms with Gasteiger partial charge in [-0.05, 0) is 58.4 Å². The molecule has 1 saturated carbocycles. The second kappa shape index (κ2) is 10.4. The third kappa shape index (κ3) is 5.41. The van der Waals surface area contributed by atoms with Crippen molar-refractivity contribution >= 4 is 35.2 Å². The predicted octanol–water partition coefficient (Wildman–Crippen LogP) is 4.76. The summed E-state index contributed by atoms with van der Waals surface area (Å²) in [7, 11) is 0. The predicted molar refractivity (Wildman–Crippen MR) is 140 cm³/mol. The van der Waals surface area contributed by atoms with E-state index in [1.807, 2.05) is 37.8 Å². The van der Waals surface area contributed by atoms with Crippen LogP contribution in [0.3, 0.4) is 0 Å². The highest BCUT2D eigenvalue weighted by Crippen LogP contribution is 2.47. The molecule has 0 bridgehead atoms. The number of carbonyl (C=O) groups is 1. The molecule has 4 heterocycles. The van der Waals surface area contributed by atoms with Gasteiger partial charge in [-0.15, -0.1) is 12.4 Å².